The Morgan fingerprint density at radius 2 is 2.07 bits per heavy atom. The van der Waals surface area contributed by atoms with Crippen LogP contribution in [0.4, 0.5) is 0 Å². The van der Waals surface area contributed by atoms with Crippen molar-refractivity contribution in [2.75, 3.05) is 19.7 Å². The number of rotatable bonds is 5. The van der Waals surface area contributed by atoms with Gasteiger partial charge in [0.15, 0.2) is 0 Å². The normalized spacial score (nSPS) is 23.5. The number of likely N-dealkylation sites (tertiary alicyclic amines) is 1. The van der Waals surface area contributed by atoms with E-state index in [0.717, 1.165) is 16.7 Å². The SMILES string of the molecule is Cc1ccccc1C(=O)N1C[C@@H]2[C@H](CC(=O)NCc3cccnc3)CO[C@@H]2C1. The number of carbonyl (C=O) groups is 2. The van der Waals surface area contributed by atoms with E-state index in [1.54, 1.807) is 12.4 Å². The standard InChI is InChI=1S/C22H25N3O3/c1-15-5-2-3-7-18(15)22(27)25-12-19-17(14-28-20(19)13-25)9-21(26)24-11-16-6-4-8-23-10-16/h2-8,10,17,19-20H,9,11-14H2,1H3,(H,24,26)/t17-,19-,20-/m1/s1. The zero-order valence-corrected chi connectivity index (χ0v) is 16.0. The van der Waals surface area contributed by atoms with Gasteiger partial charge < -0.3 is 15.0 Å². The molecule has 2 aromatic rings. The highest BCUT2D eigenvalue weighted by molar-refractivity contribution is 5.95. The lowest BCUT2D eigenvalue weighted by atomic mass is 9.90. The maximum atomic E-state index is 12.9. The van der Waals surface area contributed by atoms with E-state index in [4.69, 9.17) is 4.74 Å². The summed E-state index contributed by atoms with van der Waals surface area (Å²) >= 11 is 0. The van der Waals surface area contributed by atoms with Crippen LogP contribution in [0.5, 0.6) is 0 Å². The fourth-order valence-corrected chi connectivity index (χ4v) is 4.17. The second kappa shape index (κ2) is 8.10. The first-order valence-electron chi connectivity index (χ1n) is 9.74. The lowest BCUT2D eigenvalue weighted by Gasteiger charge is -2.20. The molecule has 2 amide bonds. The number of benzene rings is 1. The smallest absolute Gasteiger partial charge is 0.254 e. The molecule has 1 aromatic heterocycles. The van der Waals surface area contributed by atoms with Crippen LogP contribution in [0.15, 0.2) is 48.8 Å². The van der Waals surface area contributed by atoms with Crippen molar-refractivity contribution in [3.05, 3.63) is 65.5 Å². The zero-order chi connectivity index (χ0) is 19.5. The molecule has 1 N–H and O–H groups in total. The maximum Gasteiger partial charge on any atom is 0.254 e. The molecule has 0 saturated carbocycles. The van der Waals surface area contributed by atoms with E-state index in [1.807, 2.05) is 48.2 Å². The summed E-state index contributed by atoms with van der Waals surface area (Å²) in [7, 11) is 0. The Hall–Kier alpha value is -2.73. The minimum absolute atomic E-state index is 0.0155. The molecule has 6 heteroatoms. The first kappa shape index (κ1) is 18.6. The van der Waals surface area contributed by atoms with Gasteiger partial charge in [0.05, 0.1) is 12.7 Å². The van der Waals surface area contributed by atoms with Gasteiger partial charge in [-0.2, -0.15) is 0 Å². The van der Waals surface area contributed by atoms with Crippen LogP contribution < -0.4 is 5.32 Å². The largest absolute Gasteiger partial charge is 0.376 e. The second-order valence-corrected chi connectivity index (χ2v) is 7.66. The van der Waals surface area contributed by atoms with Crippen molar-refractivity contribution < 1.29 is 14.3 Å². The zero-order valence-electron chi connectivity index (χ0n) is 16.0. The molecule has 28 heavy (non-hydrogen) atoms. The van der Waals surface area contributed by atoms with Gasteiger partial charge in [0, 0.05) is 49.9 Å². The molecular formula is C22H25N3O3. The number of fused-ring (bicyclic) bond motifs is 1. The molecule has 2 fully saturated rings. The van der Waals surface area contributed by atoms with E-state index in [9.17, 15) is 9.59 Å². The van der Waals surface area contributed by atoms with Crippen LogP contribution in [0.2, 0.25) is 0 Å². The molecule has 0 bridgehead atoms. The fourth-order valence-electron chi connectivity index (χ4n) is 4.17. The monoisotopic (exact) mass is 379 g/mol. The van der Waals surface area contributed by atoms with Gasteiger partial charge in [0.25, 0.3) is 5.91 Å². The van der Waals surface area contributed by atoms with Crippen LogP contribution >= 0.6 is 0 Å². The molecule has 146 valence electrons. The van der Waals surface area contributed by atoms with Crippen molar-refractivity contribution in [2.24, 2.45) is 11.8 Å². The Balaban J connectivity index is 1.33. The van der Waals surface area contributed by atoms with Crippen LogP contribution in [-0.2, 0) is 16.1 Å². The quantitative estimate of drug-likeness (QED) is 0.864. The number of pyridine rings is 1. The third-order valence-corrected chi connectivity index (χ3v) is 5.76. The van der Waals surface area contributed by atoms with Crippen molar-refractivity contribution in [1.82, 2.24) is 15.2 Å². The van der Waals surface area contributed by atoms with Crippen LogP contribution in [0.25, 0.3) is 0 Å². The third-order valence-electron chi connectivity index (χ3n) is 5.76. The van der Waals surface area contributed by atoms with Crippen LogP contribution in [0.1, 0.15) is 27.9 Å². The van der Waals surface area contributed by atoms with E-state index in [2.05, 4.69) is 10.3 Å². The third kappa shape index (κ3) is 3.92. The molecule has 3 heterocycles. The van der Waals surface area contributed by atoms with Gasteiger partial charge in [-0.15, -0.1) is 0 Å². The summed E-state index contributed by atoms with van der Waals surface area (Å²) < 4.78 is 5.92. The minimum atomic E-state index is 0.0155. The number of aromatic nitrogens is 1. The van der Waals surface area contributed by atoms with E-state index in [0.29, 0.717) is 32.7 Å². The van der Waals surface area contributed by atoms with Crippen molar-refractivity contribution in [3.8, 4) is 0 Å². The summed E-state index contributed by atoms with van der Waals surface area (Å²) in [5.41, 5.74) is 2.71. The summed E-state index contributed by atoms with van der Waals surface area (Å²) in [6, 6.07) is 11.5. The summed E-state index contributed by atoms with van der Waals surface area (Å²) in [6.45, 7) is 4.27. The molecule has 0 spiro atoms. The van der Waals surface area contributed by atoms with Crippen molar-refractivity contribution in [3.63, 3.8) is 0 Å². The maximum absolute atomic E-state index is 12.9. The first-order chi connectivity index (χ1) is 13.6. The molecular weight excluding hydrogens is 354 g/mol. The van der Waals surface area contributed by atoms with Crippen LogP contribution in [0, 0.1) is 18.8 Å². The number of amides is 2. The molecule has 2 aliphatic rings. The van der Waals surface area contributed by atoms with Gasteiger partial charge >= 0.3 is 0 Å². The molecule has 4 rings (SSSR count). The Kier molecular flexibility index (Phi) is 5.39. The minimum Gasteiger partial charge on any atom is -0.376 e. The van der Waals surface area contributed by atoms with Crippen molar-refractivity contribution in [1.29, 1.82) is 0 Å². The number of hydrogen-bond donors (Lipinski definition) is 1. The van der Waals surface area contributed by atoms with E-state index >= 15 is 0 Å². The lowest BCUT2D eigenvalue weighted by Crippen LogP contribution is -2.32. The number of hydrogen-bond acceptors (Lipinski definition) is 4. The molecule has 0 aliphatic carbocycles. The average molecular weight is 379 g/mol. The number of nitrogens with zero attached hydrogens (tertiary/aromatic N) is 2. The van der Waals surface area contributed by atoms with Gasteiger partial charge in [-0.25, -0.2) is 0 Å². The molecule has 2 aliphatic heterocycles. The van der Waals surface area contributed by atoms with Gasteiger partial charge in [-0.3, -0.25) is 14.6 Å². The topological polar surface area (TPSA) is 71.5 Å². The predicted molar refractivity (Wildman–Crippen MR) is 105 cm³/mol. The van der Waals surface area contributed by atoms with Gasteiger partial charge in [-0.1, -0.05) is 24.3 Å². The Morgan fingerprint density at radius 1 is 1.21 bits per heavy atom. The van der Waals surface area contributed by atoms with Gasteiger partial charge in [0.2, 0.25) is 5.91 Å². The van der Waals surface area contributed by atoms with Crippen molar-refractivity contribution >= 4 is 11.8 Å². The van der Waals surface area contributed by atoms with Gasteiger partial charge in [0.1, 0.15) is 0 Å². The molecule has 0 radical (unpaired) electrons. The van der Waals surface area contributed by atoms with Crippen LogP contribution in [0.3, 0.4) is 0 Å². The number of nitrogens with one attached hydrogen (secondary N) is 1. The molecule has 6 nitrogen and oxygen atoms in total. The number of ether oxygens (including phenoxy) is 1. The van der Waals surface area contributed by atoms with Crippen molar-refractivity contribution in [2.45, 2.75) is 26.0 Å². The van der Waals surface area contributed by atoms with E-state index < -0.39 is 0 Å². The first-order valence-corrected chi connectivity index (χ1v) is 9.74. The molecule has 0 unspecified atom stereocenters. The second-order valence-electron chi connectivity index (χ2n) is 7.66. The highest BCUT2D eigenvalue weighted by Gasteiger charge is 2.45. The van der Waals surface area contributed by atoms with E-state index in [1.165, 1.54) is 0 Å². The van der Waals surface area contributed by atoms with Crippen LogP contribution in [-0.4, -0.2) is 47.5 Å². The van der Waals surface area contributed by atoms with E-state index in [-0.39, 0.29) is 29.8 Å². The Labute approximate surface area is 164 Å². The number of carbonyl (C=O) groups excluding carboxylic acids is 2. The highest BCUT2D eigenvalue weighted by Crippen LogP contribution is 2.36. The summed E-state index contributed by atoms with van der Waals surface area (Å²) in [6.07, 6.45) is 3.92. The highest BCUT2D eigenvalue weighted by atomic mass is 16.5. The predicted octanol–water partition coefficient (Wildman–Crippen LogP) is 2.18. The summed E-state index contributed by atoms with van der Waals surface area (Å²) in [4.78, 5) is 31.2. The fraction of sp³-hybridized carbons (Fsp3) is 0.409. The lowest BCUT2D eigenvalue weighted by molar-refractivity contribution is -0.122. The molecule has 3 atom stereocenters. The summed E-state index contributed by atoms with van der Waals surface area (Å²) in [5.74, 6) is 0.434. The van der Waals surface area contributed by atoms with Gasteiger partial charge in [-0.05, 0) is 36.1 Å². The Morgan fingerprint density at radius 3 is 2.86 bits per heavy atom. The Bertz CT molecular complexity index is 855. The summed E-state index contributed by atoms with van der Waals surface area (Å²) in [5, 5.41) is 2.96. The molecule has 2 saturated heterocycles. The number of aryl methyl sites for hydroxylation is 1. The molecule has 1 aromatic carbocycles. The average Bonchev–Trinajstić information content (AvgIpc) is 3.29.